The predicted molar refractivity (Wildman–Crippen MR) is 104 cm³/mol. The molecule has 2 unspecified atom stereocenters. The Balaban J connectivity index is 1.70. The first-order valence-corrected chi connectivity index (χ1v) is 10.6. The number of nitrogens with two attached hydrogens (primary N) is 1. The van der Waals surface area contributed by atoms with Crippen LogP contribution in [0.25, 0.3) is 0 Å². The molecule has 0 saturated carbocycles. The first-order valence-electron chi connectivity index (χ1n) is 9.15. The van der Waals surface area contributed by atoms with Crippen molar-refractivity contribution in [1.82, 2.24) is 9.62 Å². The largest absolute Gasteiger partial charge is 0.353 e. The molecule has 6 nitrogen and oxygen atoms in total. The second kappa shape index (κ2) is 8.65. The van der Waals surface area contributed by atoms with Gasteiger partial charge in [0.2, 0.25) is 15.9 Å². The van der Waals surface area contributed by atoms with Gasteiger partial charge in [-0.25, -0.2) is 8.42 Å². The average Bonchev–Trinajstić information content (AvgIpc) is 2.73. The maximum atomic E-state index is 13.0. The highest BCUT2D eigenvalue weighted by atomic mass is 32.2. The number of amides is 1. The molecule has 2 atom stereocenters. The topological polar surface area (TPSA) is 92.5 Å². The van der Waals surface area contributed by atoms with Crippen LogP contribution in [0.1, 0.15) is 30.9 Å². The smallest absolute Gasteiger partial charge is 0.243 e. The van der Waals surface area contributed by atoms with E-state index in [1.165, 1.54) is 4.31 Å². The van der Waals surface area contributed by atoms with Crippen LogP contribution in [0.4, 0.5) is 0 Å². The number of nitrogens with one attached hydrogen (secondary N) is 1. The summed E-state index contributed by atoms with van der Waals surface area (Å²) in [6.07, 6.45) is 2.08. The van der Waals surface area contributed by atoms with Gasteiger partial charge in [0, 0.05) is 19.1 Å². The number of carbonyl (C=O) groups is 1. The van der Waals surface area contributed by atoms with Crippen LogP contribution < -0.4 is 11.1 Å². The van der Waals surface area contributed by atoms with E-state index < -0.39 is 16.1 Å². The standard InChI is InChI=1S/C20H25N3O3S/c21-18(16-9-3-1-4-10-16)15-22-20(24)19-13-7-8-14-23(19)27(25,26)17-11-5-2-6-12-17/h1-6,9-12,18-19H,7-8,13-15,21H2,(H,22,24). The normalized spacial score (nSPS) is 19.4. The second-order valence-electron chi connectivity index (χ2n) is 6.70. The molecule has 144 valence electrons. The minimum atomic E-state index is -3.71. The Labute approximate surface area is 160 Å². The van der Waals surface area contributed by atoms with E-state index >= 15 is 0 Å². The Hall–Kier alpha value is -2.22. The monoisotopic (exact) mass is 387 g/mol. The van der Waals surface area contributed by atoms with Crippen molar-refractivity contribution in [2.45, 2.75) is 36.2 Å². The number of nitrogens with zero attached hydrogens (tertiary/aromatic N) is 1. The molecule has 0 bridgehead atoms. The number of benzene rings is 2. The van der Waals surface area contributed by atoms with Gasteiger partial charge in [-0.3, -0.25) is 4.79 Å². The van der Waals surface area contributed by atoms with Crippen LogP contribution in [-0.2, 0) is 14.8 Å². The maximum Gasteiger partial charge on any atom is 0.243 e. The van der Waals surface area contributed by atoms with Crippen molar-refractivity contribution in [1.29, 1.82) is 0 Å². The number of rotatable bonds is 6. The summed E-state index contributed by atoms with van der Waals surface area (Å²) in [7, 11) is -3.71. The van der Waals surface area contributed by atoms with E-state index in [2.05, 4.69) is 5.32 Å². The van der Waals surface area contributed by atoms with Gasteiger partial charge in [0.15, 0.2) is 0 Å². The molecule has 0 aromatic heterocycles. The van der Waals surface area contributed by atoms with Crippen molar-refractivity contribution in [2.24, 2.45) is 5.73 Å². The molecule has 1 heterocycles. The van der Waals surface area contributed by atoms with Gasteiger partial charge in [-0.1, -0.05) is 55.0 Å². The fraction of sp³-hybridized carbons (Fsp3) is 0.350. The van der Waals surface area contributed by atoms with Crippen LogP contribution in [0.5, 0.6) is 0 Å². The summed E-state index contributed by atoms with van der Waals surface area (Å²) in [5, 5.41) is 2.83. The lowest BCUT2D eigenvalue weighted by molar-refractivity contribution is -0.125. The lowest BCUT2D eigenvalue weighted by atomic mass is 10.0. The van der Waals surface area contributed by atoms with Gasteiger partial charge in [-0.15, -0.1) is 0 Å². The van der Waals surface area contributed by atoms with E-state index in [1.54, 1.807) is 30.3 Å². The summed E-state index contributed by atoms with van der Waals surface area (Å²) >= 11 is 0. The van der Waals surface area contributed by atoms with Gasteiger partial charge >= 0.3 is 0 Å². The third kappa shape index (κ3) is 4.55. The van der Waals surface area contributed by atoms with Gasteiger partial charge < -0.3 is 11.1 Å². The molecule has 0 radical (unpaired) electrons. The Kier molecular flexibility index (Phi) is 6.26. The summed E-state index contributed by atoms with van der Waals surface area (Å²) in [4.78, 5) is 13.0. The summed E-state index contributed by atoms with van der Waals surface area (Å²) in [5.74, 6) is -0.291. The highest BCUT2D eigenvalue weighted by Gasteiger charge is 2.37. The van der Waals surface area contributed by atoms with Crippen LogP contribution >= 0.6 is 0 Å². The predicted octanol–water partition coefficient (Wildman–Crippen LogP) is 2.05. The molecule has 3 rings (SSSR count). The van der Waals surface area contributed by atoms with Crippen LogP contribution in [0, 0.1) is 0 Å². The maximum absolute atomic E-state index is 13.0. The molecule has 1 saturated heterocycles. The Morgan fingerprint density at radius 2 is 1.70 bits per heavy atom. The third-order valence-corrected chi connectivity index (χ3v) is 6.75. The van der Waals surface area contributed by atoms with E-state index in [0.29, 0.717) is 13.0 Å². The minimum absolute atomic E-state index is 0.214. The average molecular weight is 388 g/mol. The van der Waals surface area contributed by atoms with Crippen molar-refractivity contribution in [2.75, 3.05) is 13.1 Å². The number of hydrogen-bond acceptors (Lipinski definition) is 4. The number of sulfonamides is 1. The summed E-state index contributed by atoms with van der Waals surface area (Å²) in [6, 6.07) is 16.7. The Morgan fingerprint density at radius 3 is 2.37 bits per heavy atom. The van der Waals surface area contributed by atoms with Crippen LogP contribution in [-0.4, -0.2) is 37.8 Å². The van der Waals surface area contributed by atoms with Crippen molar-refractivity contribution < 1.29 is 13.2 Å². The van der Waals surface area contributed by atoms with Crippen LogP contribution in [0.15, 0.2) is 65.6 Å². The molecular formula is C20H25N3O3S. The quantitative estimate of drug-likeness (QED) is 0.793. The van der Waals surface area contributed by atoms with Crippen molar-refractivity contribution >= 4 is 15.9 Å². The summed E-state index contributed by atoms with van der Waals surface area (Å²) in [6.45, 7) is 0.610. The first-order chi connectivity index (χ1) is 13.0. The fourth-order valence-electron chi connectivity index (χ4n) is 3.33. The van der Waals surface area contributed by atoms with Gasteiger partial charge in [0.25, 0.3) is 0 Å². The van der Waals surface area contributed by atoms with Gasteiger partial charge in [0.05, 0.1) is 4.90 Å². The molecule has 7 heteroatoms. The Bertz CT molecular complexity index is 857. The van der Waals surface area contributed by atoms with E-state index in [-0.39, 0.29) is 23.4 Å². The van der Waals surface area contributed by atoms with Crippen LogP contribution in [0.2, 0.25) is 0 Å². The molecule has 3 N–H and O–H groups in total. The molecule has 1 aliphatic heterocycles. The SMILES string of the molecule is NC(CNC(=O)C1CCCCN1S(=O)(=O)c1ccccc1)c1ccccc1. The number of piperidine rings is 1. The molecule has 2 aromatic rings. The molecule has 1 fully saturated rings. The van der Waals surface area contributed by atoms with E-state index in [0.717, 1.165) is 18.4 Å². The van der Waals surface area contributed by atoms with E-state index in [4.69, 9.17) is 5.73 Å². The van der Waals surface area contributed by atoms with E-state index in [1.807, 2.05) is 30.3 Å². The lowest BCUT2D eigenvalue weighted by Crippen LogP contribution is -2.52. The van der Waals surface area contributed by atoms with Crippen LogP contribution in [0.3, 0.4) is 0 Å². The fourth-order valence-corrected chi connectivity index (χ4v) is 5.01. The van der Waals surface area contributed by atoms with Crippen molar-refractivity contribution in [3.63, 3.8) is 0 Å². The molecule has 0 spiro atoms. The van der Waals surface area contributed by atoms with Gasteiger partial charge in [-0.2, -0.15) is 4.31 Å². The Morgan fingerprint density at radius 1 is 1.07 bits per heavy atom. The summed E-state index contributed by atoms with van der Waals surface area (Å²) in [5.41, 5.74) is 7.06. The molecule has 2 aromatic carbocycles. The second-order valence-corrected chi connectivity index (χ2v) is 8.59. The molecular weight excluding hydrogens is 362 g/mol. The lowest BCUT2D eigenvalue weighted by Gasteiger charge is -2.33. The number of carbonyl (C=O) groups excluding carboxylic acids is 1. The number of hydrogen-bond donors (Lipinski definition) is 2. The molecule has 1 amide bonds. The van der Waals surface area contributed by atoms with Gasteiger partial charge in [0.1, 0.15) is 6.04 Å². The highest BCUT2D eigenvalue weighted by molar-refractivity contribution is 7.89. The first kappa shape index (κ1) is 19.5. The minimum Gasteiger partial charge on any atom is -0.353 e. The zero-order chi connectivity index (χ0) is 19.3. The molecule has 1 aliphatic rings. The highest BCUT2D eigenvalue weighted by Crippen LogP contribution is 2.25. The summed E-state index contributed by atoms with van der Waals surface area (Å²) < 4.78 is 27.3. The zero-order valence-electron chi connectivity index (χ0n) is 15.1. The van der Waals surface area contributed by atoms with Crippen molar-refractivity contribution in [3.05, 3.63) is 66.2 Å². The van der Waals surface area contributed by atoms with Crippen molar-refractivity contribution in [3.8, 4) is 0 Å². The molecule has 0 aliphatic carbocycles. The molecule has 27 heavy (non-hydrogen) atoms. The van der Waals surface area contributed by atoms with Gasteiger partial charge in [-0.05, 0) is 30.5 Å². The third-order valence-electron chi connectivity index (χ3n) is 4.83. The zero-order valence-corrected chi connectivity index (χ0v) is 15.9. The van der Waals surface area contributed by atoms with E-state index in [9.17, 15) is 13.2 Å².